The minimum atomic E-state index is -4.42. The van der Waals surface area contributed by atoms with E-state index in [-0.39, 0.29) is 12.5 Å². The normalized spacial score (nSPS) is 19.3. The van der Waals surface area contributed by atoms with Crippen molar-refractivity contribution in [3.63, 3.8) is 0 Å². The Bertz CT molecular complexity index is 664. The molecule has 1 aliphatic heterocycles. The number of piperazine rings is 1. The lowest BCUT2D eigenvalue weighted by Gasteiger charge is -2.34. The summed E-state index contributed by atoms with van der Waals surface area (Å²) >= 11 is 0. The molecule has 26 heavy (non-hydrogen) atoms. The molecule has 0 aromatic heterocycles. The van der Waals surface area contributed by atoms with Crippen LogP contribution in [0.4, 0.5) is 18.0 Å². The Hall–Kier alpha value is -2.29. The number of halogens is 3. The average Bonchev–Trinajstić information content (AvgIpc) is 2.56. The highest BCUT2D eigenvalue weighted by Crippen LogP contribution is 2.31. The number of likely N-dealkylation sites (N-methyl/N-ethyl adjacent to an activating group) is 1. The molecule has 0 bridgehead atoms. The minimum Gasteiger partial charge on any atom is -0.353 e. The highest BCUT2D eigenvalue weighted by Gasteiger charge is 2.32. The van der Waals surface area contributed by atoms with Crippen LogP contribution in [0.2, 0.25) is 0 Å². The lowest BCUT2D eigenvalue weighted by Crippen LogP contribution is -2.58. The second-order valence-electron chi connectivity index (χ2n) is 6.45. The smallest absolute Gasteiger partial charge is 0.353 e. The fourth-order valence-electron chi connectivity index (χ4n) is 2.87. The van der Waals surface area contributed by atoms with Crippen molar-refractivity contribution in [2.75, 3.05) is 33.7 Å². The van der Waals surface area contributed by atoms with Crippen LogP contribution in [0.1, 0.15) is 24.1 Å². The van der Waals surface area contributed by atoms with Crippen molar-refractivity contribution in [2.24, 2.45) is 0 Å². The fraction of sp³-hybridized carbons (Fsp3) is 0.529. The van der Waals surface area contributed by atoms with Crippen LogP contribution >= 0.6 is 0 Å². The van der Waals surface area contributed by atoms with Gasteiger partial charge in [-0.2, -0.15) is 13.2 Å². The van der Waals surface area contributed by atoms with E-state index < -0.39 is 29.9 Å². The van der Waals surface area contributed by atoms with Gasteiger partial charge in [-0.1, -0.05) is 12.1 Å². The molecule has 1 saturated heterocycles. The van der Waals surface area contributed by atoms with E-state index in [2.05, 4.69) is 10.6 Å². The van der Waals surface area contributed by atoms with Crippen molar-refractivity contribution >= 4 is 11.9 Å². The van der Waals surface area contributed by atoms with E-state index in [0.717, 1.165) is 12.1 Å². The standard InChI is InChI=1S/C17H23F3N4O2/c1-11-15(25)21-7-8-24(11)16(26)22-10-14(23(2)3)12-5-4-6-13(9-12)17(18,19)20/h4-6,9,11,14H,7-8,10H2,1-3H3,(H,21,25)(H,22,26). The summed E-state index contributed by atoms with van der Waals surface area (Å²) in [5.41, 5.74) is -0.274. The third-order valence-electron chi connectivity index (χ3n) is 4.43. The summed E-state index contributed by atoms with van der Waals surface area (Å²) in [5, 5.41) is 5.40. The molecule has 1 fully saturated rings. The summed E-state index contributed by atoms with van der Waals surface area (Å²) < 4.78 is 38.8. The largest absolute Gasteiger partial charge is 0.416 e. The van der Waals surface area contributed by atoms with Gasteiger partial charge in [0.1, 0.15) is 6.04 Å². The molecule has 6 nitrogen and oxygen atoms in total. The van der Waals surface area contributed by atoms with Gasteiger partial charge in [0.05, 0.1) is 11.6 Å². The zero-order valence-corrected chi connectivity index (χ0v) is 14.9. The predicted molar refractivity (Wildman–Crippen MR) is 90.4 cm³/mol. The average molecular weight is 372 g/mol. The number of carbonyl (C=O) groups excluding carboxylic acids is 2. The first-order chi connectivity index (χ1) is 12.1. The lowest BCUT2D eigenvalue weighted by molar-refractivity contribution is -0.137. The number of amides is 3. The number of carbonyl (C=O) groups is 2. The van der Waals surface area contributed by atoms with E-state index in [1.807, 2.05) is 0 Å². The van der Waals surface area contributed by atoms with E-state index >= 15 is 0 Å². The molecule has 1 aromatic carbocycles. The molecule has 144 valence electrons. The summed E-state index contributed by atoms with van der Waals surface area (Å²) in [5.74, 6) is -0.228. The number of nitrogens with zero attached hydrogens (tertiary/aromatic N) is 2. The van der Waals surface area contributed by atoms with Gasteiger partial charge in [-0.05, 0) is 38.7 Å². The fourth-order valence-corrected chi connectivity index (χ4v) is 2.87. The molecule has 0 aliphatic carbocycles. The zero-order valence-electron chi connectivity index (χ0n) is 14.9. The Kier molecular flexibility index (Phi) is 6.12. The topological polar surface area (TPSA) is 64.7 Å². The van der Waals surface area contributed by atoms with E-state index in [1.165, 1.54) is 11.0 Å². The maximum Gasteiger partial charge on any atom is 0.416 e. The SMILES string of the molecule is CC1C(=O)NCCN1C(=O)NCC(c1cccc(C(F)(F)F)c1)N(C)C. The van der Waals surface area contributed by atoms with E-state index in [9.17, 15) is 22.8 Å². The second kappa shape index (κ2) is 7.94. The van der Waals surface area contributed by atoms with Crippen LogP contribution in [-0.4, -0.2) is 61.5 Å². The van der Waals surface area contributed by atoms with Crippen LogP contribution in [-0.2, 0) is 11.0 Å². The van der Waals surface area contributed by atoms with Crippen LogP contribution in [0.3, 0.4) is 0 Å². The Balaban J connectivity index is 2.09. The van der Waals surface area contributed by atoms with Gasteiger partial charge in [-0.15, -0.1) is 0 Å². The third-order valence-corrected chi connectivity index (χ3v) is 4.43. The molecule has 0 radical (unpaired) electrons. The van der Waals surface area contributed by atoms with E-state index in [1.54, 1.807) is 32.0 Å². The zero-order chi connectivity index (χ0) is 19.5. The summed E-state index contributed by atoms with van der Waals surface area (Å²) in [4.78, 5) is 27.2. The molecule has 2 rings (SSSR count). The molecule has 9 heteroatoms. The second-order valence-corrected chi connectivity index (χ2v) is 6.45. The Morgan fingerprint density at radius 3 is 2.73 bits per heavy atom. The molecule has 1 aliphatic rings. The van der Waals surface area contributed by atoms with Crippen LogP contribution in [0, 0.1) is 0 Å². The molecular weight excluding hydrogens is 349 g/mol. The first kappa shape index (κ1) is 20.0. The number of benzene rings is 1. The highest BCUT2D eigenvalue weighted by molar-refractivity contribution is 5.87. The van der Waals surface area contributed by atoms with Crippen LogP contribution < -0.4 is 10.6 Å². The molecule has 2 unspecified atom stereocenters. The van der Waals surface area contributed by atoms with Crippen LogP contribution in [0.5, 0.6) is 0 Å². The molecule has 2 N–H and O–H groups in total. The van der Waals surface area contributed by atoms with Gasteiger partial charge >= 0.3 is 12.2 Å². The maximum atomic E-state index is 12.9. The molecule has 3 amide bonds. The summed E-state index contributed by atoms with van der Waals surface area (Å²) in [7, 11) is 3.46. The van der Waals surface area contributed by atoms with Crippen molar-refractivity contribution in [1.82, 2.24) is 20.4 Å². The molecular formula is C17H23F3N4O2. The predicted octanol–water partition coefficient (Wildman–Crippen LogP) is 1.84. The van der Waals surface area contributed by atoms with Crippen LogP contribution in [0.15, 0.2) is 24.3 Å². The maximum absolute atomic E-state index is 12.9. The number of hydrogen-bond acceptors (Lipinski definition) is 3. The van der Waals surface area contributed by atoms with Crippen molar-refractivity contribution in [2.45, 2.75) is 25.2 Å². The first-order valence-electron chi connectivity index (χ1n) is 8.27. The van der Waals surface area contributed by atoms with Crippen LogP contribution in [0.25, 0.3) is 0 Å². The van der Waals surface area contributed by atoms with E-state index in [0.29, 0.717) is 18.7 Å². The van der Waals surface area contributed by atoms with Gasteiger partial charge in [0.2, 0.25) is 5.91 Å². The number of alkyl halides is 3. The number of urea groups is 1. The molecule has 2 atom stereocenters. The number of hydrogen-bond donors (Lipinski definition) is 2. The molecule has 0 spiro atoms. The third kappa shape index (κ3) is 4.66. The Morgan fingerprint density at radius 1 is 1.42 bits per heavy atom. The van der Waals surface area contributed by atoms with Crippen molar-refractivity contribution in [1.29, 1.82) is 0 Å². The molecule has 1 heterocycles. The van der Waals surface area contributed by atoms with Crippen molar-refractivity contribution in [3.8, 4) is 0 Å². The summed E-state index contributed by atoms with van der Waals surface area (Å²) in [6.07, 6.45) is -4.42. The summed E-state index contributed by atoms with van der Waals surface area (Å²) in [6.45, 7) is 2.51. The highest BCUT2D eigenvalue weighted by atomic mass is 19.4. The lowest BCUT2D eigenvalue weighted by atomic mass is 10.0. The quantitative estimate of drug-likeness (QED) is 0.848. The van der Waals surface area contributed by atoms with Crippen molar-refractivity contribution < 1.29 is 22.8 Å². The van der Waals surface area contributed by atoms with Gasteiger partial charge in [-0.25, -0.2) is 4.79 Å². The monoisotopic (exact) mass is 372 g/mol. The van der Waals surface area contributed by atoms with E-state index in [4.69, 9.17) is 0 Å². The van der Waals surface area contributed by atoms with Gasteiger partial charge in [0.25, 0.3) is 0 Å². The Morgan fingerprint density at radius 2 is 2.12 bits per heavy atom. The van der Waals surface area contributed by atoms with Gasteiger partial charge in [0, 0.05) is 19.6 Å². The minimum absolute atomic E-state index is 0.123. The Labute approximate surface area is 150 Å². The van der Waals surface area contributed by atoms with Gasteiger partial charge in [-0.3, -0.25) is 4.79 Å². The number of rotatable bonds is 4. The molecule has 0 saturated carbocycles. The van der Waals surface area contributed by atoms with Crippen molar-refractivity contribution in [3.05, 3.63) is 35.4 Å². The first-order valence-corrected chi connectivity index (χ1v) is 8.27. The summed E-state index contributed by atoms with van der Waals surface area (Å²) in [6, 6.07) is 3.63. The van der Waals surface area contributed by atoms with Gasteiger partial charge in [0.15, 0.2) is 0 Å². The van der Waals surface area contributed by atoms with Gasteiger partial charge < -0.3 is 20.4 Å². The molecule has 1 aromatic rings. The number of nitrogens with one attached hydrogen (secondary N) is 2.